The summed E-state index contributed by atoms with van der Waals surface area (Å²) < 4.78 is 11.9. The van der Waals surface area contributed by atoms with Crippen molar-refractivity contribution >= 4 is 5.96 Å². The second-order valence-electron chi connectivity index (χ2n) is 7.18. The van der Waals surface area contributed by atoms with E-state index >= 15 is 0 Å². The van der Waals surface area contributed by atoms with Crippen LogP contribution in [0.3, 0.4) is 0 Å². The van der Waals surface area contributed by atoms with Crippen molar-refractivity contribution in [1.82, 2.24) is 5.32 Å². The summed E-state index contributed by atoms with van der Waals surface area (Å²) >= 11 is 0. The number of hydrogen-bond donors (Lipinski definition) is 2. The molecule has 5 nitrogen and oxygen atoms in total. The molecule has 2 unspecified atom stereocenters. The van der Waals surface area contributed by atoms with E-state index in [2.05, 4.69) is 47.6 Å². The van der Waals surface area contributed by atoms with Gasteiger partial charge >= 0.3 is 0 Å². The number of rotatable bonds is 4. The Kier molecular flexibility index (Phi) is 5.03. The third-order valence-electron chi connectivity index (χ3n) is 5.61. The minimum Gasteiger partial charge on any atom is -0.493 e. The molecule has 2 aliphatic rings. The number of hydrogen-bond acceptors (Lipinski definition) is 3. The zero-order valence-electron chi connectivity index (χ0n) is 15.8. The minimum absolute atomic E-state index is 0.121. The maximum absolute atomic E-state index is 6.25. The lowest BCUT2D eigenvalue weighted by Crippen LogP contribution is -2.41. The molecule has 0 bridgehead atoms. The highest BCUT2D eigenvalue weighted by Crippen LogP contribution is 2.36. The molecule has 142 valence electrons. The Morgan fingerprint density at radius 1 is 1.19 bits per heavy atom. The molecular formula is C22H27N3O2. The summed E-state index contributed by atoms with van der Waals surface area (Å²) in [6.07, 6.45) is 2.68. The van der Waals surface area contributed by atoms with Gasteiger partial charge in [0, 0.05) is 12.0 Å². The number of nitrogens with zero attached hydrogens (tertiary/aromatic N) is 1. The Hall–Kier alpha value is -2.53. The van der Waals surface area contributed by atoms with Gasteiger partial charge in [-0.1, -0.05) is 49.4 Å². The van der Waals surface area contributed by atoms with Crippen molar-refractivity contribution in [1.29, 1.82) is 0 Å². The Morgan fingerprint density at radius 3 is 2.89 bits per heavy atom. The van der Waals surface area contributed by atoms with Crippen LogP contribution < -0.4 is 15.8 Å². The number of nitrogens with two attached hydrogens (primary N) is 1. The van der Waals surface area contributed by atoms with Gasteiger partial charge in [0.05, 0.1) is 25.8 Å². The third-order valence-corrected chi connectivity index (χ3v) is 5.61. The van der Waals surface area contributed by atoms with E-state index in [1.165, 1.54) is 11.1 Å². The molecule has 2 aromatic rings. The molecule has 4 rings (SSSR count). The molecule has 0 saturated carbocycles. The number of para-hydroxylation sites is 1. The fourth-order valence-corrected chi connectivity index (χ4v) is 4.08. The summed E-state index contributed by atoms with van der Waals surface area (Å²) in [4.78, 5) is 4.67. The SMILES string of the molecule is CCC1(CN=C(N)NC2CCOc3ccccc32)OCCc2ccccc21. The lowest BCUT2D eigenvalue weighted by Gasteiger charge is -2.37. The first-order chi connectivity index (χ1) is 13.2. The molecule has 2 aliphatic heterocycles. The number of nitrogens with one attached hydrogen (secondary N) is 1. The fourth-order valence-electron chi connectivity index (χ4n) is 4.08. The van der Waals surface area contributed by atoms with Crippen LogP contribution in [-0.4, -0.2) is 25.7 Å². The highest BCUT2D eigenvalue weighted by Gasteiger charge is 2.36. The van der Waals surface area contributed by atoms with Gasteiger partial charge in [-0.3, -0.25) is 4.99 Å². The Labute approximate surface area is 160 Å². The summed E-state index contributed by atoms with van der Waals surface area (Å²) in [5, 5.41) is 3.37. The Morgan fingerprint density at radius 2 is 2.00 bits per heavy atom. The van der Waals surface area contributed by atoms with Gasteiger partial charge in [-0.2, -0.15) is 0 Å². The Bertz CT molecular complexity index is 836. The molecule has 5 heteroatoms. The topological polar surface area (TPSA) is 68.9 Å². The van der Waals surface area contributed by atoms with Crippen LogP contribution in [-0.2, 0) is 16.8 Å². The smallest absolute Gasteiger partial charge is 0.189 e. The molecule has 0 radical (unpaired) electrons. The van der Waals surface area contributed by atoms with Crippen LogP contribution in [0.4, 0.5) is 0 Å². The fraction of sp³-hybridized carbons (Fsp3) is 0.409. The van der Waals surface area contributed by atoms with E-state index in [0.717, 1.165) is 37.2 Å². The van der Waals surface area contributed by atoms with Crippen molar-refractivity contribution < 1.29 is 9.47 Å². The highest BCUT2D eigenvalue weighted by atomic mass is 16.5. The summed E-state index contributed by atoms with van der Waals surface area (Å²) in [5.74, 6) is 1.37. The quantitative estimate of drug-likeness (QED) is 0.644. The molecule has 3 N–H and O–H groups in total. The summed E-state index contributed by atoms with van der Waals surface area (Å²) in [5.41, 5.74) is 9.59. The molecule has 27 heavy (non-hydrogen) atoms. The maximum Gasteiger partial charge on any atom is 0.189 e. The third kappa shape index (κ3) is 3.52. The maximum atomic E-state index is 6.25. The molecule has 2 heterocycles. The average Bonchev–Trinajstić information content (AvgIpc) is 2.72. The number of benzene rings is 2. The van der Waals surface area contributed by atoms with Crippen LogP contribution in [0, 0.1) is 0 Å². The van der Waals surface area contributed by atoms with Gasteiger partial charge in [0.15, 0.2) is 5.96 Å². The van der Waals surface area contributed by atoms with Crippen molar-refractivity contribution in [3.63, 3.8) is 0 Å². The lowest BCUT2D eigenvalue weighted by molar-refractivity contribution is -0.0559. The van der Waals surface area contributed by atoms with Gasteiger partial charge < -0.3 is 20.5 Å². The first kappa shape index (κ1) is 17.9. The van der Waals surface area contributed by atoms with Crippen molar-refractivity contribution in [3.05, 3.63) is 65.2 Å². The number of aliphatic imine (C=N–C) groups is 1. The monoisotopic (exact) mass is 365 g/mol. The number of fused-ring (bicyclic) bond motifs is 2. The van der Waals surface area contributed by atoms with Crippen LogP contribution in [0.2, 0.25) is 0 Å². The van der Waals surface area contributed by atoms with E-state index < -0.39 is 5.60 Å². The minimum atomic E-state index is -0.394. The van der Waals surface area contributed by atoms with Crippen LogP contribution in [0.1, 0.15) is 42.5 Å². The molecule has 0 amide bonds. The average molecular weight is 365 g/mol. The van der Waals surface area contributed by atoms with Gasteiger partial charge in [0.1, 0.15) is 11.4 Å². The van der Waals surface area contributed by atoms with E-state index in [0.29, 0.717) is 19.1 Å². The zero-order valence-corrected chi connectivity index (χ0v) is 15.8. The second-order valence-corrected chi connectivity index (χ2v) is 7.18. The first-order valence-corrected chi connectivity index (χ1v) is 9.72. The van der Waals surface area contributed by atoms with E-state index in [-0.39, 0.29) is 6.04 Å². The van der Waals surface area contributed by atoms with Crippen LogP contribution in [0.15, 0.2) is 53.5 Å². The summed E-state index contributed by atoms with van der Waals surface area (Å²) in [6, 6.07) is 16.7. The zero-order chi connectivity index (χ0) is 18.7. The second kappa shape index (κ2) is 7.61. The summed E-state index contributed by atoms with van der Waals surface area (Å²) in [6.45, 7) is 4.07. The van der Waals surface area contributed by atoms with E-state index in [1.807, 2.05) is 18.2 Å². The largest absolute Gasteiger partial charge is 0.493 e. The molecule has 0 aromatic heterocycles. The molecule has 2 atom stereocenters. The van der Waals surface area contributed by atoms with Crippen LogP contribution in [0.25, 0.3) is 0 Å². The number of guanidine groups is 1. The molecule has 0 saturated heterocycles. The normalized spacial score (nSPS) is 24.5. The van der Waals surface area contributed by atoms with Gasteiger partial charge in [0.25, 0.3) is 0 Å². The molecule has 0 spiro atoms. The van der Waals surface area contributed by atoms with Gasteiger partial charge in [-0.15, -0.1) is 0 Å². The molecule has 0 aliphatic carbocycles. The van der Waals surface area contributed by atoms with E-state index in [9.17, 15) is 0 Å². The Balaban J connectivity index is 1.51. The van der Waals surface area contributed by atoms with Crippen LogP contribution in [0.5, 0.6) is 5.75 Å². The van der Waals surface area contributed by atoms with Crippen molar-refractivity contribution in [2.75, 3.05) is 19.8 Å². The lowest BCUT2D eigenvalue weighted by atomic mass is 9.84. The van der Waals surface area contributed by atoms with Crippen LogP contribution >= 0.6 is 0 Å². The predicted octanol–water partition coefficient (Wildman–Crippen LogP) is 3.29. The standard InChI is InChI=1S/C22H27N3O2/c1-2-22(18-9-5-3-7-16(18)11-14-27-22)15-24-21(23)25-19-12-13-26-20-10-6-4-8-17(19)20/h3-10,19H,2,11-15H2,1H3,(H3,23,24,25). The van der Waals surface area contributed by atoms with Gasteiger partial charge in [0.2, 0.25) is 0 Å². The van der Waals surface area contributed by atoms with Crippen molar-refractivity contribution in [2.24, 2.45) is 10.7 Å². The van der Waals surface area contributed by atoms with Gasteiger partial charge in [-0.05, 0) is 30.0 Å². The molecular weight excluding hydrogens is 338 g/mol. The van der Waals surface area contributed by atoms with E-state index in [1.54, 1.807) is 0 Å². The predicted molar refractivity (Wildman–Crippen MR) is 107 cm³/mol. The van der Waals surface area contributed by atoms with Gasteiger partial charge in [-0.25, -0.2) is 0 Å². The number of ether oxygens (including phenoxy) is 2. The molecule has 0 fully saturated rings. The van der Waals surface area contributed by atoms with Crippen molar-refractivity contribution in [2.45, 2.75) is 37.8 Å². The summed E-state index contributed by atoms with van der Waals surface area (Å²) in [7, 11) is 0. The molecule has 2 aromatic carbocycles. The van der Waals surface area contributed by atoms with Crippen molar-refractivity contribution in [3.8, 4) is 5.75 Å². The van der Waals surface area contributed by atoms with E-state index in [4.69, 9.17) is 15.2 Å². The highest BCUT2D eigenvalue weighted by molar-refractivity contribution is 5.78. The first-order valence-electron chi connectivity index (χ1n) is 9.72.